The van der Waals surface area contributed by atoms with Gasteiger partial charge in [0.15, 0.2) is 0 Å². The minimum atomic E-state index is -0.420. The van der Waals surface area contributed by atoms with Gasteiger partial charge in [-0.2, -0.15) is 0 Å². The third kappa shape index (κ3) is 4.00. The number of primary amides is 1. The minimum absolute atomic E-state index is 0.0537. The monoisotopic (exact) mass is 446 g/mol. The maximum absolute atomic E-state index is 13.5. The molecule has 2 N–H and O–H groups in total. The molecule has 1 aromatic heterocycles. The van der Waals surface area contributed by atoms with Gasteiger partial charge in [-0.05, 0) is 49.2 Å². The maximum atomic E-state index is 13.5. The van der Waals surface area contributed by atoms with Gasteiger partial charge in [0.25, 0.3) is 0 Å². The van der Waals surface area contributed by atoms with E-state index in [1.807, 2.05) is 35.2 Å². The number of hydrogen-bond donors (Lipinski definition) is 1. The summed E-state index contributed by atoms with van der Waals surface area (Å²) < 4.78 is 1.18. The number of carbonyl (C=O) groups is 2. The van der Waals surface area contributed by atoms with E-state index in [0.717, 1.165) is 42.1 Å². The van der Waals surface area contributed by atoms with E-state index in [9.17, 15) is 9.59 Å². The number of fused-ring (bicyclic) bond motifs is 1. The molecule has 2 aliphatic rings. The molecule has 32 heavy (non-hydrogen) atoms. The Morgan fingerprint density at radius 3 is 2.38 bits per heavy atom. The van der Waals surface area contributed by atoms with Gasteiger partial charge >= 0.3 is 0 Å². The molecule has 2 atom stereocenters. The Balaban J connectivity index is 1.27. The first-order valence-corrected chi connectivity index (χ1v) is 11.9. The van der Waals surface area contributed by atoms with Crippen molar-refractivity contribution in [1.82, 2.24) is 9.88 Å². The number of hydrogen-bond acceptors (Lipinski definition) is 5. The highest BCUT2D eigenvalue weighted by molar-refractivity contribution is 7.18. The first-order valence-electron chi connectivity index (χ1n) is 11.0. The molecule has 2 unspecified atom stereocenters. The van der Waals surface area contributed by atoms with E-state index >= 15 is 0 Å². The van der Waals surface area contributed by atoms with Crippen molar-refractivity contribution in [3.05, 3.63) is 71.3 Å². The van der Waals surface area contributed by atoms with Crippen LogP contribution in [0, 0.1) is 5.92 Å². The topological polar surface area (TPSA) is 79.5 Å². The summed E-state index contributed by atoms with van der Waals surface area (Å²) in [4.78, 5) is 33.9. The van der Waals surface area contributed by atoms with E-state index in [-0.39, 0.29) is 17.7 Å². The smallest absolute Gasteiger partial charge is 0.248 e. The van der Waals surface area contributed by atoms with Gasteiger partial charge in [-0.25, -0.2) is 4.98 Å². The number of thiazole rings is 1. The number of benzene rings is 2. The average Bonchev–Trinajstić information content (AvgIpc) is 3.28. The lowest BCUT2D eigenvalue weighted by Crippen LogP contribution is -2.51. The van der Waals surface area contributed by atoms with Crippen LogP contribution < -0.4 is 10.6 Å². The van der Waals surface area contributed by atoms with Gasteiger partial charge < -0.3 is 15.5 Å². The zero-order chi connectivity index (χ0) is 22.1. The third-order valence-electron chi connectivity index (χ3n) is 6.49. The lowest BCUT2D eigenvalue weighted by atomic mass is 9.82. The average molecular weight is 447 g/mol. The molecule has 2 heterocycles. The van der Waals surface area contributed by atoms with Crippen molar-refractivity contribution in [1.29, 1.82) is 0 Å². The van der Waals surface area contributed by atoms with Crippen molar-refractivity contribution in [2.75, 3.05) is 31.1 Å². The molecule has 0 radical (unpaired) electrons. The summed E-state index contributed by atoms with van der Waals surface area (Å²) in [6.45, 7) is 2.94. The van der Waals surface area contributed by atoms with Gasteiger partial charge in [-0.3, -0.25) is 9.59 Å². The maximum Gasteiger partial charge on any atom is 0.248 e. The number of carbonyl (C=O) groups excluding carboxylic acids is 2. The fourth-order valence-corrected chi connectivity index (χ4v) is 5.81. The molecule has 6 nitrogen and oxygen atoms in total. The van der Waals surface area contributed by atoms with Crippen molar-refractivity contribution >= 4 is 39.1 Å². The second kappa shape index (κ2) is 8.74. The Morgan fingerprint density at radius 2 is 1.66 bits per heavy atom. The molecule has 3 aromatic rings. The highest BCUT2D eigenvalue weighted by Crippen LogP contribution is 2.39. The number of piperazine rings is 1. The fourth-order valence-electron chi connectivity index (χ4n) is 4.66. The number of aromatic nitrogens is 1. The number of para-hydroxylation sites is 1. The summed E-state index contributed by atoms with van der Waals surface area (Å²) >= 11 is 1.72. The Kier molecular flexibility index (Phi) is 5.66. The number of nitrogens with two attached hydrogens (primary N) is 1. The molecule has 0 spiro atoms. The fraction of sp³-hybridized carbons (Fsp3) is 0.320. The molecular weight excluding hydrogens is 420 g/mol. The summed E-state index contributed by atoms with van der Waals surface area (Å²) in [6, 6.07) is 15.5. The van der Waals surface area contributed by atoms with Gasteiger partial charge in [-0.15, -0.1) is 11.3 Å². The van der Waals surface area contributed by atoms with Crippen molar-refractivity contribution in [3.63, 3.8) is 0 Å². The summed E-state index contributed by atoms with van der Waals surface area (Å²) in [5.41, 5.74) is 7.91. The van der Waals surface area contributed by atoms with Crippen LogP contribution in [0.15, 0.2) is 60.7 Å². The van der Waals surface area contributed by atoms with E-state index in [1.165, 1.54) is 4.70 Å². The van der Waals surface area contributed by atoms with Crippen LogP contribution in [0.5, 0.6) is 0 Å². The summed E-state index contributed by atoms with van der Waals surface area (Å²) in [6.07, 6.45) is 5.97. The standard InChI is InChI=1S/C25H26N4O2S/c26-23(30)17-9-11-18(12-10-17)28-13-15-29(16-14-28)25(31)20-6-2-1-5-19(20)24-27-21-7-3-4-8-22(21)32-24/h1-4,7-12,19-20H,5-6,13-16H2,(H2,26,30). The molecule has 2 amide bonds. The van der Waals surface area contributed by atoms with Gasteiger partial charge in [0.05, 0.1) is 21.1 Å². The van der Waals surface area contributed by atoms with E-state index in [1.54, 1.807) is 23.5 Å². The Morgan fingerprint density at radius 1 is 0.938 bits per heavy atom. The molecule has 1 saturated heterocycles. The molecule has 1 aliphatic heterocycles. The number of amides is 2. The lowest BCUT2D eigenvalue weighted by molar-refractivity contribution is -0.136. The zero-order valence-electron chi connectivity index (χ0n) is 17.8. The van der Waals surface area contributed by atoms with Crippen LogP contribution >= 0.6 is 11.3 Å². The number of nitrogens with zero attached hydrogens (tertiary/aromatic N) is 3. The molecular formula is C25H26N4O2S. The second-order valence-corrected chi connectivity index (χ2v) is 9.46. The van der Waals surface area contributed by atoms with Crippen LogP contribution in [0.4, 0.5) is 5.69 Å². The van der Waals surface area contributed by atoms with Crippen molar-refractivity contribution in [2.24, 2.45) is 11.7 Å². The Labute approximate surface area is 191 Å². The summed E-state index contributed by atoms with van der Waals surface area (Å²) in [5, 5.41) is 1.07. The van der Waals surface area contributed by atoms with Crippen LogP contribution in [0.1, 0.15) is 34.1 Å². The normalized spacial score (nSPS) is 21.1. The number of allylic oxidation sites excluding steroid dienone is 2. The zero-order valence-corrected chi connectivity index (χ0v) is 18.6. The van der Waals surface area contributed by atoms with Crippen molar-refractivity contribution in [2.45, 2.75) is 18.8 Å². The van der Waals surface area contributed by atoms with E-state index in [4.69, 9.17) is 10.7 Å². The molecule has 0 saturated carbocycles. The quantitative estimate of drug-likeness (QED) is 0.619. The molecule has 7 heteroatoms. The second-order valence-electron chi connectivity index (χ2n) is 8.40. The van der Waals surface area contributed by atoms with Crippen LogP contribution in [-0.2, 0) is 4.79 Å². The first-order chi connectivity index (χ1) is 15.6. The van der Waals surface area contributed by atoms with Gasteiger partial charge in [0.1, 0.15) is 0 Å². The number of anilines is 1. The van der Waals surface area contributed by atoms with Gasteiger partial charge in [0.2, 0.25) is 11.8 Å². The predicted molar refractivity (Wildman–Crippen MR) is 128 cm³/mol. The third-order valence-corrected chi connectivity index (χ3v) is 7.65. The molecule has 164 valence electrons. The number of rotatable bonds is 4. The molecule has 5 rings (SSSR count). The highest BCUT2D eigenvalue weighted by Gasteiger charge is 2.35. The van der Waals surface area contributed by atoms with Crippen molar-refractivity contribution in [3.8, 4) is 0 Å². The molecule has 1 fully saturated rings. The van der Waals surface area contributed by atoms with Crippen LogP contribution in [0.25, 0.3) is 10.2 Å². The molecule has 1 aliphatic carbocycles. The van der Waals surface area contributed by atoms with Crippen molar-refractivity contribution < 1.29 is 9.59 Å². The van der Waals surface area contributed by atoms with Crippen LogP contribution in [-0.4, -0.2) is 47.9 Å². The van der Waals surface area contributed by atoms with Crippen LogP contribution in [0.3, 0.4) is 0 Å². The van der Waals surface area contributed by atoms with Crippen LogP contribution in [0.2, 0.25) is 0 Å². The lowest BCUT2D eigenvalue weighted by Gasteiger charge is -2.39. The minimum Gasteiger partial charge on any atom is -0.368 e. The molecule has 0 bridgehead atoms. The molecule has 2 aromatic carbocycles. The highest BCUT2D eigenvalue weighted by atomic mass is 32.1. The summed E-state index contributed by atoms with van der Waals surface area (Å²) in [5.74, 6) is -0.0928. The SMILES string of the molecule is NC(=O)c1ccc(N2CCN(C(=O)C3CC=CCC3c3nc4ccccc4s3)CC2)cc1. The van der Waals surface area contributed by atoms with E-state index in [0.29, 0.717) is 18.7 Å². The van der Waals surface area contributed by atoms with Gasteiger partial charge in [0, 0.05) is 43.3 Å². The predicted octanol–water partition coefficient (Wildman–Crippen LogP) is 3.79. The largest absolute Gasteiger partial charge is 0.368 e. The Bertz CT molecular complexity index is 1130. The Hall–Kier alpha value is -3.19. The van der Waals surface area contributed by atoms with E-state index < -0.39 is 5.91 Å². The summed E-state index contributed by atoms with van der Waals surface area (Å²) in [7, 11) is 0. The first kappa shape index (κ1) is 20.7. The van der Waals surface area contributed by atoms with Gasteiger partial charge in [-0.1, -0.05) is 24.3 Å². The van der Waals surface area contributed by atoms with E-state index in [2.05, 4.69) is 23.1 Å².